The van der Waals surface area contributed by atoms with Crippen LogP contribution >= 0.6 is 0 Å². The Morgan fingerprint density at radius 3 is 2.24 bits per heavy atom. The second kappa shape index (κ2) is 11.6. The van der Waals surface area contributed by atoms with E-state index in [2.05, 4.69) is 33.2 Å². The van der Waals surface area contributed by atoms with Gasteiger partial charge >= 0.3 is 6.09 Å². The summed E-state index contributed by atoms with van der Waals surface area (Å²) in [6, 6.07) is 20.7. The van der Waals surface area contributed by atoms with Crippen molar-refractivity contribution >= 4 is 17.4 Å². The molecule has 1 amide bonds. The summed E-state index contributed by atoms with van der Waals surface area (Å²) in [6.07, 6.45) is 5.73. The lowest BCUT2D eigenvalue weighted by atomic mass is 9.83. The Balaban J connectivity index is 1.13. The predicted molar refractivity (Wildman–Crippen MR) is 164 cm³/mol. The zero-order chi connectivity index (χ0) is 29.3. The molecule has 0 bridgehead atoms. The first kappa shape index (κ1) is 28.0. The monoisotopic (exact) mass is 568 g/mol. The number of ether oxygens (including phenoxy) is 2. The highest BCUT2D eigenvalue weighted by Crippen LogP contribution is 2.40. The highest BCUT2D eigenvalue weighted by atomic mass is 16.6. The summed E-state index contributed by atoms with van der Waals surface area (Å²) in [5.74, 6) is 2.45. The number of hydrogen-bond acceptors (Lipinski definition) is 7. The standard InChI is InChI=1S/C33H40N6O3/c1-33(2,3)42-32(40)38-19-17-37(18-20-38)25-13-9-24(10-14-25)29-21-28(30-31(34)35-22-36-39(29)30)23-11-15-27(16-12-23)41-26-7-5-4-6-8-26/h4-8,11-12,15-16,21-22,24-25H,9-10,13-14,17-20H2,1-3H3,(H2,34,35,36)/t24-,25+. The van der Waals surface area contributed by atoms with Gasteiger partial charge in [0.25, 0.3) is 0 Å². The maximum Gasteiger partial charge on any atom is 0.410 e. The number of nitrogen functional groups attached to an aromatic ring is 1. The molecular weight excluding hydrogens is 528 g/mol. The number of aromatic nitrogens is 3. The molecule has 2 aromatic carbocycles. The maximum atomic E-state index is 12.5. The molecule has 0 spiro atoms. The summed E-state index contributed by atoms with van der Waals surface area (Å²) in [4.78, 5) is 21.2. The van der Waals surface area contributed by atoms with Crippen LogP contribution in [0.15, 0.2) is 67.0 Å². The largest absolute Gasteiger partial charge is 0.457 e. The number of fused-ring (bicyclic) bond motifs is 1. The zero-order valence-electron chi connectivity index (χ0n) is 24.7. The second-order valence-electron chi connectivity index (χ2n) is 12.3. The number of amides is 1. The number of carbonyl (C=O) groups excluding carboxylic acids is 1. The quantitative estimate of drug-likeness (QED) is 0.300. The molecule has 4 aromatic rings. The number of piperazine rings is 1. The molecule has 0 atom stereocenters. The van der Waals surface area contributed by atoms with E-state index in [0.717, 1.165) is 66.9 Å². The van der Waals surface area contributed by atoms with Crippen molar-refractivity contribution in [3.8, 4) is 22.6 Å². The van der Waals surface area contributed by atoms with Crippen LogP contribution in [-0.2, 0) is 4.74 Å². The van der Waals surface area contributed by atoms with E-state index in [1.807, 2.05) is 72.7 Å². The Labute approximate surface area is 247 Å². The molecule has 3 heterocycles. The number of carbonyl (C=O) groups is 1. The third-order valence-electron chi connectivity index (χ3n) is 8.35. The fraction of sp³-hybridized carbons (Fsp3) is 0.424. The van der Waals surface area contributed by atoms with Gasteiger partial charge in [-0.1, -0.05) is 30.3 Å². The minimum absolute atomic E-state index is 0.207. The summed E-state index contributed by atoms with van der Waals surface area (Å²) in [6.45, 7) is 8.94. The Kier molecular flexibility index (Phi) is 7.77. The molecular formula is C33H40N6O3. The molecule has 0 unspecified atom stereocenters. The maximum absolute atomic E-state index is 12.5. The van der Waals surface area contributed by atoms with E-state index in [4.69, 9.17) is 15.2 Å². The van der Waals surface area contributed by atoms with E-state index < -0.39 is 5.60 Å². The Morgan fingerprint density at radius 2 is 1.57 bits per heavy atom. The van der Waals surface area contributed by atoms with Crippen LogP contribution in [0.3, 0.4) is 0 Å². The van der Waals surface area contributed by atoms with Gasteiger partial charge in [-0.05, 0) is 82.3 Å². The molecule has 6 rings (SSSR count). The lowest BCUT2D eigenvalue weighted by Crippen LogP contribution is -2.53. The average Bonchev–Trinajstić information content (AvgIpc) is 3.38. The number of hydrogen-bond donors (Lipinski definition) is 1. The van der Waals surface area contributed by atoms with E-state index in [1.54, 1.807) is 6.33 Å². The van der Waals surface area contributed by atoms with E-state index >= 15 is 0 Å². The van der Waals surface area contributed by atoms with Crippen LogP contribution in [0.4, 0.5) is 10.6 Å². The molecule has 1 aliphatic heterocycles. The van der Waals surface area contributed by atoms with Crippen molar-refractivity contribution in [1.82, 2.24) is 24.4 Å². The number of nitrogens with zero attached hydrogens (tertiary/aromatic N) is 5. The summed E-state index contributed by atoms with van der Waals surface area (Å²) in [5, 5.41) is 4.64. The number of para-hydroxylation sites is 1. The fourth-order valence-corrected chi connectivity index (χ4v) is 6.26. The van der Waals surface area contributed by atoms with Crippen LogP contribution in [0.1, 0.15) is 58.1 Å². The molecule has 2 fully saturated rings. The van der Waals surface area contributed by atoms with Crippen LogP contribution in [0, 0.1) is 0 Å². The van der Waals surface area contributed by atoms with Crippen molar-refractivity contribution in [1.29, 1.82) is 0 Å². The van der Waals surface area contributed by atoms with Gasteiger partial charge in [-0.25, -0.2) is 14.3 Å². The SMILES string of the molecule is CC(C)(C)OC(=O)N1CCN([C@H]2CC[C@@H](c3cc(-c4ccc(Oc5ccccc5)cc4)c4c(N)ncnn43)CC2)CC1. The molecule has 9 heteroatoms. The van der Waals surface area contributed by atoms with Crippen molar-refractivity contribution in [2.45, 2.75) is 64.0 Å². The fourth-order valence-electron chi connectivity index (χ4n) is 6.26. The van der Waals surface area contributed by atoms with E-state index in [-0.39, 0.29) is 6.09 Å². The van der Waals surface area contributed by atoms with Crippen molar-refractivity contribution in [3.63, 3.8) is 0 Å². The lowest BCUT2D eigenvalue weighted by molar-refractivity contribution is 0.00784. The summed E-state index contributed by atoms with van der Waals surface area (Å²) in [5.41, 5.74) is 10.1. The van der Waals surface area contributed by atoms with Gasteiger partial charge in [-0.3, -0.25) is 4.90 Å². The molecule has 2 aliphatic rings. The molecule has 1 saturated heterocycles. The summed E-state index contributed by atoms with van der Waals surface area (Å²) in [7, 11) is 0. The van der Waals surface area contributed by atoms with Crippen molar-refractivity contribution < 1.29 is 14.3 Å². The first-order valence-electron chi connectivity index (χ1n) is 14.9. The second-order valence-corrected chi connectivity index (χ2v) is 12.3. The first-order chi connectivity index (χ1) is 20.2. The number of anilines is 1. The van der Waals surface area contributed by atoms with Gasteiger partial charge in [0, 0.05) is 49.4 Å². The summed E-state index contributed by atoms with van der Waals surface area (Å²) < 4.78 is 13.6. The topological polar surface area (TPSA) is 98.2 Å². The molecule has 2 N–H and O–H groups in total. The number of nitrogens with two attached hydrogens (primary N) is 1. The van der Waals surface area contributed by atoms with Crippen molar-refractivity contribution in [2.24, 2.45) is 0 Å². The van der Waals surface area contributed by atoms with Gasteiger partial charge in [0.1, 0.15) is 28.9 Å². The van der Waals surface area contributed by atoms with Gasteiger partial charge in [0.15, 0.2) is 5.82 Å². The Bertz CT molecular complexity index is 1510. The van der Waals surface area contributed by atoms with Crippen molar-refractivity contribution in [3.05, 3.63) is 72.7 Å². The summed E-state index contributed by atoms with van der Waals surface area (Å²) >= 11 is 0. The molecule has 2 aromatic heterocycles. The minimum atomic E-state index is -0.467. The van der Waals surface area contributed by atoms with E-state index in [1.165, 1.54) is 5.69 Å². The smallest absolute Gasteiger partial charge is 0.410 e. The minimum Gasteiger partial charge on any atom is -0.457 e. The first-order valence-corrected chi connectivity index (χ1v) is 14.9. The average molecular weight is 569 g/mol. The molecule has 0 radical (unpaired) electrons. The van der Waals surface area contributed by atoms with E-state index in [0.29, 0.717) is 30.9 Å². The predicted octanol–water partition coefficient (Wildman–Crippen LogP) is 6.35. The molecule has 1 aliphatic carbocycles. The highest BCUT2D eigenvalue weighted by molar-refractivity contribution is 5.88. The van der Waals surface area contributed by atoms with Crippen molar-refractivity contribution in [2.75, 3.05) is 31.9 Å². The third-order valence-corrected chi connectivity index (χ3v) is 8.35. The zero-order valence-corrected chi connectivity index (χ0v) is 24.7. The van der Waals surface area contributed by atoms with Gasteiger partial charge in [-0.2, -0.15) is 5.10 Å². The third kappa shape index (κ3) is 6.06. The van der Waals surface area contributed by atoms with Gasteiger partial charge in [0.05, 0.1) is 0 Å². The van der Waals surface area contributed by atoms with E-state index in [9.17, 15) is 4.79 Å². The molecule has 9 nitrogen and oxygen atoms in total. The normalized spacial score (nSPS) is 20.0. The van der Waals surface area contributed by atoms with Crippen LogP contribution in [0.5, 0.6) is 11.5 Å². The highest BCUT2D eigenvalue weighted by Gasteiger charge is 2.33. The molecule has 1 saturated carbocycles. The van der Waals surface area contributed by atoms with Crippen LogP contribution in [0.2, 0.25) is 0 Å². The molecule has 42 heavy (non-hydrogen) atoms. The Morgan fingerprint density at radius 1 is 0.905 bits per heavy atom. The van der Waals surface area contributed by atoms with Gasteiger partial charge in [0.2, 0.25) is 0 Å². The number of benzene rings is 2. The number of rotatable bonds is 5. The van der Waals surface area contributed by atoms with Crippen LogP contribution < -0.4 is 10.5 Å². The molecule has 220 valence electrons. The van der Waals surface area contributed by atoms with Crippen LogP contribution in [0.25, 0.3) is 16.6 Å². The lowest BCUT2D eigenvalue weighted by Gasteiger charge is -2.42. The van der Waals surface area contributed by atoms with Gasteiger partial charge < -0.3 is 20.1 Å². The Hall–Kier alpha value is -4.11. The van der Waals surface area contributed by atoms with Gasteiger partial charge in [-0.15, -0.1) is 0 Å². The van der Waals surface area contributed by atoms with Crippen LogP contribution in [-0.4, -0.2) is 68.3 Å².